The summed E-state index contributed by atoms with van der Waals surface area (Å²) in [6.45, 7) is 2.27. The smallest absolute Gasteiger partial charge is 0.0685 e. The Kier molecular flexibility index (Phi) is 2.06. The molecule has 0 radical (unpaired) electrons. The van der Waals surface area contributed by atoms with Gasteiger partial charge >= 0.3 is 0 Å². The first-order chi connectivity index (χ1) is 7.34. The van der Waals surface area contributed by atoms with Crippen LogP contribution in [0.3, 0.4) is 0 Å². The lowest BCUT2D eigenvalue weighted by atomic mass is 10.2. The van der Waals surface area contributed by atoms with Crippen molar-refractivity contribution < 1.29 is 0 Å². The lowest BCUT2D eigenvalue weighted by Gasteiger charge is -2.17. The zero-order valence-corrected chi connectivity index (χ0v) is 9.09. The molecule has 15 heavy (non-hydrogen) atoms. The lowest BCUT2D eigenvalue weighted by molar-refractivity contribution is 0.949. The summed E-state index contributed by atoms with van der Waals surface area (Å²) in [7, 11) is 0. The molecule has 1 saturated heterocycles. The van der Waals surface area contributed by atoms with Crippen LogP contribution in [-0.4, -0.2) is 23.3 Å². The first-order valence-electron chi connectivity index (χ1n) is 5.22. The molecule has 3 nitrogen and oxygen atoms in total. The predicted molar refractivity (Wildman–Crippen MR) is 62.6 cm³/mol. The summed E-state index contributed by atoms with van der Waals surface area (Å²) in [5.41, 5.74) is 2.22. The van der Waals surface area contributed by atoms with E-state index in [9.17, 15) is 0 Å². The summed E-state index contributed by atoms with van der Waals surface area (Å²) in [5, 5.41) is 8.75. The molecule has 3 rings (SSSR count). The third-order valence-corrected chi connectivity index (χ3v) is 3.28. The third kappa shape index (κ3) is 1.47. The minimum absolute atomic E-state index is 0.781. The summed E-state index contributed by atoms with van der Waals surface area (Å²) in [5.74, 6) is 0. The number of H-pyrrole nitrogens is 1. The van der Waals surface area contributed by atoms with Gasteiger partial charge in [-0.3, -0.25) is 5.10 Å². The van der Waals surface area contributed by atoms with Crippen molar-refractivity contribution in [2.24, 2.45) is 0 Å². The molecule has 0 unspecified atom stereocenters. The number of hydrogen-bond acceptors (Lipinski definition) is 2. The van der Waals surface area contributed by atoms with Crippen LogP contribution in [0.15, 0.2) is 18.3 Å². The van der Waals surface area contributed by atoms with Gasteiger partial charge in [0, 0.05) is 24.2 Å². The van der Waals surface area contributed by atoms with Crippen LogP contribution in [0.1, 0.15) is 12.8 Å². The summed E-state index contributed by atoms with van der Waals surface area (Å²) in [6.07, 6.45) is 4.32. The number of rotatable bonds is 1. The fraction of sp³-hybridized carbons (Fsp3) is 0.364. The number of nitrogens with zero attached hydrogens (tertiary/aromatic N) is 2. The number of fused-ring (bicyclic) bond motifs is 1. The Morgan fingerprint density at radius 3 is 2.87 bits per heavy atom. The molecule has 0 bridgehead atoms. The molecule has 1 N–H and O–H groups in total. The molecule has 1 aliphatic rings. The van der Waals surface area contributed by atoms with E-state index in [-0.39, 0.29) is 0 Å². The summed E-state index contributed by atoms with van der Waals surface area (Å²) in [6, 6.07) is 4.16. The van der Waals surface area contributed by atoms with Crippen LogP contribution in [0, 0.1) is 0 Å². The van der Waals surface area contributed by atoms with Crippen molar-refractivity contribution in [2.75, 3.05) is 18.0 Å². The van der Waals surface area contributed by atoms with E-state index in [1.807, 2.05) is 6.07 Å². The van der Waals surface area contributed by atoms with Crippen LogP contribution in [-0.2, 0) is 0 Å². The second-order valence-electron chi connectivity index (χ2n) is 3.95. The quantitative estimate of drug-likeness (QED) is 0.803. The second kappa shape index (κ2) is 3.42. The minimum atomic E-state index is 0.781. The zero-order chi connectivity index (χ0) is 10.3. The molecule has 1 aliphatic heterocycles. The highest BCUT2D eigenvalue weighted by Crippen LogP contribution is 2.29. The van der Waals surface area contributed by atoms with E-state index in [0.717, 1.165) is 29.0 Å². The second-order valence-corrected chi connectivity index (χ2v) is 4.36. The monoisotopic (exact) mass is 221 g/mol. The van der Waals surface area contributed by atoms with Crippen molar-refractivity contribution in [2.45, 2.75) is 12.8 Å². The summed E-state index contributed by atoms with van der Waals surface area (Å²) < 4.78 is 0. The van der Waals surface area contributed by atoms with E-state index in [0.29, 0.717) is 0 Å². The number of aromatic nitrogens is 2. The predicted octanol–water partition coefficient (Wildman–Crippen LogP) is 2.82. The molecular weight excluding hydrogens is 210 g/mol. The summed E-state index contributed by atoms with van der Waals surface area (Å²) in [4.78, 5) is 2.37. The Morgan fingerprint density at radius 2 is 2.07 bits per heavy atom. The van der Waals surface area contributed by atoms with Gasteiger partial charge in [0.25, 0.3) is 0 Å². The van der Waals surface area contributed by atoms with E-state index < -0.39 is 0 Å². The molecule has 78 valence electrons. The van der Waals surface area contributed by atoms with E-state index in [1.54, 1.807) is 6.20 Å². The average Bonchev–Trinajstić information content (AvgIpc) is 2.88. The van der Waals surface area contributed by atoms with Gasteiger partial charge in [-0.25, -0.2) is 0 Å². The first-order valence-corrected chi connectivity index (χ1v) is 5.60. The Hall–Kier alpha value is -1.22. The van der Waals surface area contributed by atoms with Crippen molar-refractivity contribution in [1.29, 1.82) is 0 Å². The molecular formula is C11H12ClN3. The van der Waals surface area contributed by atoms with E-state index in [1.165, 1.54) is 18.5 Å². The molecule has 1 fully saturated rings. The van der Waals surface area contributed by atoms with Crippen LogP contribution >= 0.6 is 11.6 Å². The Bertz CT molecular complexity index is 486. The van der Waals surface area contributed by atoms with Crippen LogP contribution in [0.2, 0.25) is 5.02 Å². The van der Waals surface area contributed by atoms with Gasteiger partial charge < -0.3 is 4.90 Å². The molecule has 1 aromatic carbocycles. The maximum atomic E-state index is 6.20. The molecule has 0 spiro atoms. The standard InChI is InChI=1S/C11H12ClN3/c12-10-5-8(15-3-1-2-4-15)6-11-9(10)7-13-14-11/h5-7H,1-4H2,(H,13,14). The number of hydrogen-bond donors (Lipinski definition) is 1. The maximum absolute atomic E-state index is 6.20. The van der Waals surface area contributed by atoms with Crippen LogP contribution < -0.4 is 4.90 Å². The largest absolute Gasteiger partial charge is 0.371 e. The molecule has 0 atom stereocenters. The Labute approximate surface area is 93.0 Å². The van der Waals surface area contributed by atoms with Crippen molar-refractivity contribution in [3.05, 3.63) is 23.4 Å². The van der Waals surface area contributed by atoms with Crippen molar-refractivity contribution in [3.8, 4) is 0 Å². The van der Waals surface area contributed by atoms with Gasteiger partial charge in [-0.1, -0.05) is 11.6 Å². The van der Waals surface area contributed by atoms with Gasteiger partial charge in [-0.05, 0) is 25.0 Å². The molecule has 4 heteroatoms. The molecule has 0 saturated carbocycles. The first kappa shape index (κ1) is 9.04. The van der Waals surface area contributed by atoms with E-state index in [2.05, 4.69) is 21.2 Å². The third-order valence-electron chi connectivity index (χ3n) is 2.96. The Balaban J connectivity index is 2.11. The topological polar surface area (TPSA) is 31.9 Å². The molecule has 2 aromatic rings. The number of aromatic amines is 1. The fourth-order valence-electron chi connectivity index (χ4n) is 2.15. The highest BCUT2D eigenvalue weighted by atomic mass is 35.5. The van der Waals surface area contributed by atoms with Gasteiger partial charge in [0.2, 0.25) is 0 Å². The van der Waals surface area contributed by atoms with Gasteiger partial charge in [0.1, 0.15) is 0 Å². The van der Waals surface area contributed by atoms with Crippen LogP contribution in [0.25, 0.3) is 10.9 Å². The number of halogens is 1. The highest BCUT2D eigenvalue weighted by molar-refractivity contribution is 6.35. The van der Waals surface area contributed by atoms with Gasteiger partial charge in [0.05, 0.1) is 16.7 Å². The summed E-state index contributed by atoms with van der Waals surface area (Å²) >= 11 is 6.20. The zero-order valence-electron chi connectivity index (χ0n) is 8.33. The van der Waals surface area contributed by atoms with Gasteiger partial charge in [-0.15, -0.1) is 0 Å². The van der Waals surface area contributed by atoms with Gasteiger partial charge in [0.15, 0.2) is 0 Å². The molecule has 0 amide bonds. The van der Waals surface area contributed by atoms with E-state index >= 15 is 0 Å². The molecule has 1 aromatic heterocycles. The van der Waals surface area contributed by atoms with Crippen molar-refractivity contribution in [1.82, 2.24) is 10.2 Å². The number of benzene rings is 1. The highest BCUT2D eigenvalue weighted by Gasteiger charge is 2.14. The molecule has 2 heterocycles. The van der Waals surface area contributed by atoms with Crippen molar-refractivity contribution >= 4 is 28.2 Å². The average molecular weight is 222 g/mol. The van der Waals surface area contributed by atoms with Crippen LogP contribution in [0.5, 0.6) is 0 Å². The van der Waals surface area contributed by atoms with Crippen LogP contribution in [0.4, 0.5) is 5.69 Å². The molecule has 0 aliphatic carbocycles. The Morgan fingerprint density at radius 1 is 1.27 bits per heavy atom. The minimum Gasteiger partial charge on any atom is -0.371 e. The van der Waals surface area contributed by atoms with Gasteiger partial charge in [-0.2, -0.15) is 5.10 Å². The normalized spacial score (nSPS) is 16.5. The van der Waals surface area contributed by atoms with E-state index in [4.69, 9.17) is 11.6 Å². The lowest BCUT2D eigenvalue weighted by Crippen LogP contribution is -2.17. The number of anilines is 1. The maximum Gasteiger partial charge on any atom is 0.0685 e. The SMILES string of the molecule is Clc1cc(N2CCCC2)cc2[nH]ncc12. The number of nitrogens with one attached hydrogen (secondary N) is 1. The van der Waals surface area contributed by atoms with Crippen molar-refractivity contribution in [3.63, 3.8) is 0 Å². The fourth-order valence-corrected chi connectivity index (χ4v) is 2.41.